The molecule has 0 atom stereocenters. The van der Waals surface area contributed by atoms with Gasteiger partial charge >= 0.3 is 6.09 Å². The lowest BCUT2D eigenvalue weighted by Crippen LogP contribution is -2.66. The van der Waals surface area contributed by atoms with Crippen LogP contribution in [0.5, 0.6) is 0 Å². The number of alkyl carbamates (subject to hydrolysis) is 1. The molecule has 0 aromatic rings. The van der Waals surface area contributed by atoms with Crippen molar-refractivity contribution in [2.45, 2.75) is 38.9 Å². The van der Waals surface area contributed by atoms with E-state index in [-0.39, 0.29) is 5.60 Å². The predicted octanol–water partition coefficient (Wildman–Crippen LogP) is 0.890. The topological polar surface area (TPSA) is 59.6 Å². The van der Waals surface area contributed by atoms with E-state index in [0.29, 0.717) is 13.2 Å². The first-order valence-corrected chi connectivity index (χ1v) is 5.68. The Morgan fingerprint density at radius 1 is 1.44 bits per heavy atom. The first kappa shape index (κ1) is 13.3. The van der Waals surface area contributed by atoms with Crippen LogP contribution in [0, 0.1) is 0 Å². The molecule has 16 heavy (non-hydrogen) atoms. The van der Waals surface area contributed by atoms with E-state index in [0.717, 1.165) is 13.1 Å². The molecule has 1 aliphatic rings. The highest BCUT2D eigenvalue weighted by atomic mass is 16.6. The fourth-order valence-corrected chi connectivity index (χ4v) is 1.54. The van der Waals surface area contributed by atoms with Crippen molar-refractivity contribution in [3.8, 4) is 0 Å². The molecule has 0 bridgehead atoms. The van der Waals surface area contributed by atoms with Gasteiger partial charge in [0.2, 0.25) is 0 Å². The fourth-order valence-electron chi connectivity index (χ4n) is 1.54. The standard InChI is InChI=1S/C11H22N2O3/c1-5-15-11(6-12-7-11)8-13-9(14)16-10(2,3)4/h12H,5-8H2,1-4H3,(H,13,14). The maximum Gasteiger partial charge on any atom is 0.407 e. The third kappa shape index (κ3) is 3.98. The Morgan fingerprint density at radius 2 is 2.06 bits per heavy atom. The number of carbonyl (C=O) groups is 1. The average molecular weight is 230 g/mol. The van der Waals surface area contributed by atoms with Crippen molar-refractivity contribution in [2.75, 3.05) is 26.2 Å². The van der Waals surface area contributed by atoms with Gasteiger partial charge < -0.3 is 20.1 Å². The van der Waals surface area contributed by atoms with Crippen LogP contribution in [-0.4, -0.2) is 43.5 Å². The van der Waals surface area contributed by atoms with Crippen LogP contribution in [0.2, 0.25) is 0 Å². The van der Waals surface area contributed by atoms with Crippen LogP contribution < -0.4 is 10.6 Å². The first-order valence-electron chi connectivity index (χ1n) is 5.68. The number of ether oxygens (including phenoxy) is 2. The molecule has 1 heterocycles. The number of amides is 1. The second-order valence-corrected chi connectivity index (χ2v) is 5.08. The largest absolute Gasteiger partial charge is 0.444 e. The Balaban J connectivity index is 2.30. The van der Waals surface area contributed by atoms with E-state index in [1.807, 2.05) is 27.7 Å². The lowest BCUT2D eigenvalue weighted by atomic mass is 9.97. The van der Waals surface area contributed by atoms with Gasteiger partial charge in [0.15, 0.2) is 0 Å². The molecule has 0 aromatic heterocycles. The summed E-state index contributed by atoms with van der Waals surface area (Å²) in [7, 11) is 0. The molecule has 94 valence electrons. The molecule has 1 rings (SSSR count). The molecule has 0 saturated carbocycles. The van der Waals surface area contributed by atoms with Crippen molar-refractivity contribution in [1.82, 2.24) is 10.6 Å². The van der Waals surface area contributed by atoms with Gasteiger partial charge in [-0.2, -0.15) is 0 Å². The zero-order valence-corrected chi connectivity index (χ0v) is 10.6. The van der Waals surface area contributed by atoms with Crippen LogP contribution in [0.1, 0.15) is 27.7 Å². The molecule has 0 unspecified atom stereocenters. The molecule has 5 nitrogen and oxygen atoms in total. The Hall–Kier alpha value is -0.810. The van der Waals surface area contributed by atoms with Crippen molar-refractivity contribution in [3.05, 3.63) is 0 Å². The van der Waals surface area contributed by atoms with E-state index in [1.54, 1.807) is 0 Å². The normalized spacial score (nSPS) is 18.8. The number of carbonyl (C=O) groups excluding carboxylic acids is 1. The van der Waals surface area contributed by atoms with Crippen molar-refractivity contribution in [3.63, 3.8) is 0 Å². The van der Waals surface area contributed by atoms with Gasteiger partial charge in [-0.3, -0.25) is 0 Å². The van der Waals surface area contributed by atoms with Gasteiger partial charge in [0, 0.05) is 19.7 Å². The molecule has 1 aliphatic heterocycles. The highest BCUT2D eigenvalue weighted by molar-refractivity contribution is 5.67. The van der Waals surface area contributed by atoms with Gasteiger partial charge in [0.05, 0.1) is 6.54 Å². The molecule has 1 fully saturated rings. The molecule has 5 heteroatoms. The summed E-state index contributed by atoms with van der Waals surface area (Å²) < 4.78 is 10.8. The first-order chi connectivity index (χ1) is 7.37. The van der Waals surface area contributed by atoms with E-state index in [9.17, 15) is 4.79 Å². The Bertz CT molecular complexity index is 244. The number of hydrogen-bond acceptors (Lipinski definition) is 4. The second-order valence-electron chi connectivity index (χ2n) is 5.08. The van der Waals surface area contributed by atoms with Crippen molar-refractivity contribution >= 4 is 6.09 Å². The van der Waals surface area contributed by atoms with Crippen LogP contribution in [0.25, 0.3) is 0 Å². The number of rotatable bonds is 4. The van der Waals surface area contributed by atoms with E-state index in [2.05, 4.69) is 10.6 Å². The molecule has 2 N–H and O–H groups in total. The summed E-state index contributed by atoms with van der Waals surface area (Å²) in [6, 6.07) is 0. The Labute approximate surface area is 96.9 Å². The minimum Gasteiger partial charge on any atom is -0.444 e. The SMILES string of the molecule is CCOC1(CNC(=O)OC(C)(C)C)CNC1. The fraction of sp³-hybridized carbons (Fsp3) is 0.909. The van der Waals surface area contributed by atoms with Crippen molar-refractivity contribution in [1.29, 1.82) is 0 Å². The van der Waals surface area contributed by atoms with Gasteiger partial charge in [-0.1, -0.05) is 0 Å². The summed E-state index contributed by atoms with van der Waals surface area (Å²) in [6.07, 6.45) is -0.390. The summed E-state index contributed by atoms with van der Waals surface area (Å²) in [4.78, 5) is 11.4. The van der Waals surface area contributed by atoms with Crippen LogP contribution in [0.4, 0.5) is 4.79 Å². The van der Waals surface area contributed by atoms with Gasteiger partial charge in [-0.05, 0) is 27.7 Å². The molecular formula is C11H22N2O3. The number of hydrogen-bond donors (Lipinski definition) is 2. The van der Waals surface area contributed by atoms with Gasteiger partial charge in [-0.15, -0.1) is 0 Å². The van der Waals surface area contributed by atoms with Gasteiger partial charge in [-0.25, -0.2) is 4.79 Å². The van der Waals surface area contributed by atoms with E-state index in [4.69, 9.17) is 9.47 Å². The Morgan fingerprint density at radius 3 is 2.44 bits per heavy atom. The zero-order valence-electron chi connectivity index (χ0n) is 10.6. The minimum absolute atomic E-state index is 0.244. The lowest BCUT2D eigenvalue weighted by molar-refractivity contribution is -0.0737. The molecular weight excluding hydrogens is 208 g/mol. The summed E-state index contributed by atoms with van der Waals surface area (Å²) >= 11 is 0. The van der Waals surface area contributed by atoms with Crippen LogP contribution >= 0.6 is 0 Å². The van der Waals surface area contributed by atoms with Crippen LogP contribution in [0.3, 0.4) is 0 Å². The highest BCUT2D eigenvalue weighted by Crippen LogP contribution is 2.15. The highest BCUT2D eigenvalue weighted by Gasteiger charge is 2.38. The van der Waals surface area contributed by atoms with E-state index >= 15 is 0 Å². The third-order valence-corrected chi connectivity index (χ3v) is 2.30. The zero-order chi connectivity index (χ0) is 12.2. The molecule has 1 saturated heterocycles. The summed E-state index contributed by atoms with van der Waals surface area (Å²) in [5.74, 6) is 0. The number of nitrogens with one attached hydrogen (secondary N) is 2. The summed E-state index contributed by atoms with van der Waals surface area (Å²) in [5.41, 5.74) is -0.702. The van der Waals surface area contributed by atoms with Crippen molar-refractivity contribution < 1.29 is 14.3 Å². The monoisotopic (exact) mass is 230 g/mol. The van der Waals surface area contributed by atoms with E-state index in [1.165, 1.54) is 0 Å². The summed E-state index contributed by atoms with van der Waals surface area (Å²) in [5, 5.41) is 5.88. The van der Waals surface area contributed by atoms with E-state index < -0.39 is 11.7 Å². The van der Waals surface area contributed by atoms with Gasteiger partial charge in [0.25, 0.3) is 0 Å². The smallest absolute Gasteiger partial charge is 0.407 e. The summed E-state index contributed by atoms with van der Waals surface area (Å²) in [6.45, 7) is 10.2. The third-order valence-electron chi connectivity index (χ3n) is 2.30. The molecule has 1 amide bonds. The minimum atomic E-state index is -0.458. The molecule has 0 aliphatic carbocycles. The quantitative estimate of drug-likeness (QED) is 0.753. The Kier molecular flexibility index (Phi) is 4.15. The van der Waals surface area contributed by atoms with Crippen molar-refractivity contribution in [2.24, 2.45) is 0 Å². The maximum atomic E-state index is 11.4. The molecule has 0 aromatic carbocycles. The van der Waals surface area contributed by atoms with Crippen LogP contribution in [-0.2, 0) is 9.47 Å². The van der Waals surface area contributed by atoms with Gasteiger partial charge in [0.1, 0.15) is 11.2 Å². The molecule has 0 spiro atoms. The maximum absolute atomic E-state index is 11.4. The molecule has 0 radical (unpaired) electrons. The predicted molar refractivity (Wildman–Crippen MR) is 61.5 cm³/mol. The average Bonchev–Trinajstić information content (AvgIpc) is 2.06. The van der Waals surface area contributed by atoms with Crippen LogP contribution in [0.15, 0.2) is 0 Å². The lowest BCUT2D eigenvalue weighted by Gasteiger charge is -2.42. The second kappa shape index (κ2) is 5.01.